The zero-order valence-electron chi connectivity index (χ0n) is 40.4. The van der Waals surface area contributed by atoms with E-state index in [2.05, 4.69) is 62.5 Å². The summed E-state index contributed by atoms with van der Waals surface area (Å²) < 4.78 is 34.5. The number of hydrogen-bond donors (Lipinski definition) is 0. The molecule has 0 amide bonds. The van der Waals surface area contributed by atoms with Gasteiger partial charge in [-0.05, 0) is 38.5 Å². The summed E-state index contributed by atoms with van der Waals surface area (Å²) in [5.41, 5.74) is 0. The van der Waals surface area contributed by atoms with Crippen LogP contribution >= 0.6 is 7.82 Å². The molecule has 0 aliphatic carbocycles. The summed E-state index contributed by atoms with van der Waals surface area (Å²) in [6.07, 6.45) is 57.2. The number of unbranched alkanes of at least 4 members (excludes halogenated alkanes) is 23. The van der Waals surface area contributed by atoms with Crippen molar-refractivity contribution >= 4 is 13.8 Å². The summed E-state index contributed by atoms with van der Waals surface area (Å²) in [4.78, 5) is 25.0. The van der Waals surface area contributed by atoms with Gasteiger partial charge in [-0.25, -0.2) is 0 Å². The Bertz CT molecular complexity index is 1160. The lowest BCUT2D eigenvalue weighted by Gasteiger charge is -2.28. The Hall–Kier alpha value is -1.80. The minimum Gasteiger partial charge on any atom is -0.756 e. The van der Waals surface area contributed by atoms with Gasteiger partial charge in [-0.15, -0.1) is 0 Å². The average molecular weight is 878 g/mol. The van der Waals surface area contributed by atoms with E-state index in [1.165, 1.54) is 141 Å². The molecule has 2 unspecified atom stereocenters. The Morgan fingerprint density at radius 1 is 0.508 bits per heavy atom. The number of phosphoric ester groups is 1. The molecule has 0 saturated carbocycles. The predicted octanol–water partition coefficient (Wildman–Crippen LogP) is 14.6. The number of rotatable bonds is 46. The summed E-state index contributed by atoms with van der Waals surface area (Å²) in [6, 6.07) is 0. The summed E-state index contributed by atoms with van der Waals surface area (Å²) >= 11 is 0. The van der Waals surface area contributed by atoms with E-state index in [1.54, 1.807) is 6.08 Å². The molecule has 356 valence electrons. The first-order valence-corrected chi connectivity index (χ1v) is 26.5. The highest BCUT2D eigenvalue weighted by Crippen LogP contribution is 2.38. The van der Waals surface area contributed by atoms with Gasteiger partial charge in [0.1, 0.15) is 19.3 Å². The highest BCUT2D eigenvalue weighted by atomic mass is 31.2. The molecule has 0 aromatic heterocycles. The molecular formula is C52H96NO7P. The predicted molar refractivity (Wildman–Crippen MR) is 259 cm³/mol. The molecule has 0 rings (SSSR count). The van der Waals surface area contributed by atoms with Crippen LogP contribution in [0.5, 0.6) is 0 Å². The average Bonchev–Trinajstić information content (AvgIpc) is 3.22. The zero-order valence-corrected chi connectivity index (χ0v) is 41.2. The fourth-order valence-electron chi connectivity index (χ4n) is 6.80. The van der Waals surface area contributed by atoms with Crippen LogP contribution in [-0.2, 0) is 27.9 Å². The number of quaternary nitrogens is 1. The van der Waals surface area contributed by atoms with Crippen molar-refractivity contribution in [3.63, 3.8) is 0 Å². The third-order valence-corrected chi connectivity index (χ3v) is 11.6. The second-order valence-electron chi connectivity index (χ2n) is 17.8. The molecular weight excluding hydrogens is 782 g/mol. The van der Waals surface area contributed by atoms with Gasteiger partial charge in [0.15, 0.2) is 0 Å². The van der Waals surface area contributed by atoms with Crippen LogP contribution in [0.25, 0.3) is 0 Å². The van der Waals surface area contributed by atoms with E-state index in [9.17, 15) is 14.3 Å². The normalized spacial score (nSPS) is 14.1. The maximum atomic E-state index is 12.6. The SMILES string of the molecule is CC/C=C\C/C=C\C/C=C\C/C=C\C/C=C\CC(=O)OC(COCCCCCCCCCCCCCCCCCCCCCCCCCC)COP(=O)([O-])OCC[N+](C)(C)C. The minimum absolute atomic E-state index is 0.00880. The number of hydrogen-bond acceptors (Lipinski definition) is 7. The van der Waals surface area contributed by atoms with E-state index in [0.717, 1.165) is 38.5 Å². The first-order valence-electron chi connectivity index (χ1n) is 25.0. The minimum atomic E-state index is -4.55. The number of phosphoric acid groups is 1. The Kier molecular flexibility index (Phi) is 43.5. The molecule has 0 aromatic rings. The molecule has 0 radical (unpaired) electrons. The Morgan fingerprint density at radius 3 is 1.28 bits per heavy atom. The van der Waals surface area contributed by atoms with Crippen LogP contribution in [0.15, 0.2) is 60.8 Å². The van der Waals surface area contributed by atoms with E-state index >= 15 is 0 Å². The summed E-state index contributed by atoms with van der Waals surface area (Å²) in [7, 11) is 1.30. The van der Waals surface area contributed by atoms with Crippen molar-refractivity contribution in [1.29, 1.82) is 0 Å². The van der Waals surface area contributed by atoms with Crippen LogP contribution in [0.3, 0.4) is 0 Å². The van der Waals surface area contributed by atoms with Crippen molar-refractivity contribution in [3.05, 3.63) is 60.8 Å². The summed E-state index contributed by atoms with van der Waals surface area (Å²) in [6.45, 7) is 5.19. The second-order valence-corrected chi connectivity index (χ2v) is 19.2. The molecule has 9 heteroatoms. The molecule has 0 aliphatic heterocycles. The van der Waals surface area contributed by atoms with Crippen LogP contribution in [0.2, 0.25) is 0 Å². The highest BCUT2D eigenvalue weighted by Gasteiger charge is 2.20. The van der Waals surface area contributed by atoms with Crippen molar-refractivity contribution in [2.75, 3.05) is 54.1 Å². The fraction of sp³-hybridized carbons (Fsp3) is 0.788. The van der Waals surface area contributed by atoms with Crippen molar-refractivity contribution in [2.24, 2.45) is 0 Å². The molecule has 0 spiro atoms. The van der Waals surface area contributed by atoms with Gasteiger partial charge in [0, 0.05) is 6.61 Å². The molecule has 8 nitrogen and oxygen atoms in total. The Labute approximate surface area is 377 Å². The van der Waals surface area contributed by atoms with E-state index in [1.807, 2.05) is 27.2 Å². The Morgan fingerprint density at radius 2 is 0.885 bits per heavy atom. The number of carbonyl (C=O) groups excluding carboxylic acids is 1. The van der Waals surface area contributed by atoms with Gasteiger partial charge in [0.05, 0.1) is 40.8 Å². The van der Waals surface area contributed by atoms with Gasteiger partial charge in [-0.3, -0.25) is 9.36 Å². The van der Waals surface area contributed by atoms with Crippen LogP contribution in [-0.4, -0.2) is 70.7 Å². The van der Waals surface area contributed by atoms with Crippen LogP contribution in [0.4, 0.5) is 0 Å². The number of carbonyl (C=O) groups is 1. The first kappa shape index (κ1) is 59.2. The van der Waals surface area contributed by atoms with Gasteiger partial charge >= 0.3 is 5.97 Å². The highest BCUT2D eigenvalue weighted by molar-refractivity contribution is 7.45. The van der Waals surface area contributed by atoms with Gasteiger partial charge in [0.25, 0.3) is 7.82 Å². The standard InChI is InChI=1S/C52H96NO7P/c1-6-8-10-12-14-16-18-20-22-23-24-25-26-27-28-29-30-32-34-36-38-40-42-44-47-57-49-51(50-59-61(55,56)58-48-46-53(3,4)5)60-52(54)45-43-41-39-37-35-33-31-21-19-17-15-13-11-9-7-2/h9,11,15,17,21,31,35,37,41,43,51H,6-8,10,12-14,16,18-20,22-30,32-34,36,38-40,42,44-50H2,1-5H3/b11-9-,17-15-,31-21-,37-35-,43-41-. The number of esters is 1. The molecule has 0 saturated heterocycles. The fourth-order valence-corrected chi connectivity index (χ4v) is 7.53. The van der Waals surface area contributed by atoms with Crippen molar-refractivity contribution in [3.8, 4) is 0 Å². The smallest absolute Gasteiger partial charge is 0.310 e. The molecule has 0 fully saturated rings. The van der Waals surface area contributed by atoms with Crippen LogP contribution in [0.1, 0.15) is 206 Å². The van der Waals surface area contributed by atoms with Gasteiger partial charge in [0.2, 0.25) is 0 Å². The van der Waals surface area contributed by atoms with Gasteiger partial charge < -0.3 is 27.9 Å². The van der Waals surface area contributed by atoms with Crippen molar-refractivity contribution in [2.45, 2.75) is 213 Å². The number of likely N-dealkylation sites (N-methyl/N-ethyl adjacent to an activating group) is 1. The molecule has 0 aliphatic rings. The monoisotopic (exact) mass is 878 g/mol. The van der Waals surface area contributed by atoms with Crippen LogP contribution in [0, 0.1) is 0 Å². The Balaban J connectivity index is 4.16. The lowest BCUT2D eigenvalue weighted by molar-refractivity contribution is -0.870. The van der Waals surface area contributed by atoms with Crippen molar-refractivity contribution in [1.82, 2.24) is 0 Å². The zero-order chi connectivity index (χ0) is 44.8. The van der Waals surface area contributed by atoms with E-state index in [4.69, 9.17) is 18.5 Å². The summed E-state index contributed by atoms with van der Waals surface area (Å²) in [5, 5.41) is 0. The molecule has 0 aromatic carbocycles. The summed E-state index contributed by atoms with van der Waals surface area (Å²) in [5.74, 6) is -0.458. The maximum absolute atomic E-state index is 12.6. The largest absolute Gasteiger partial charge is 0.756 e. The maximum Gasteiger partial charge on any atom is 0.310 e. The number of nitrogens with zero attached hydrogens (tertiary/aromatic N) is 1. The third kappa shape index (κ3) is 49.1. The van der Waals surface area contributed by atoms with Crippen molar-refractivity contribution < 1.29 is 37.3 Å². The third-order valence-electron chi connectivity index (χ3n) is 10.6. The number of allylic oxidation sites excluding steroid dienone is 9. The lowest BCUT2D eigenvalue weighted by atomic mass is 10.0. The van der Waals surface area contributed by atoms with Gasteiger partial charge in [-0.2, -0.15) is 0 Å². The topological polar surface area (TPSA) is 94.1 Å². The molecule has 0 bridgehead atoms. The molecule has 2 atom stereocenters. The van der Waals surface area contributed by atoms with E-state index in [-0.39, 0.29) is 26.2 Å². The molecule has 61 heavy (non-hydrogen) atoms. The quantitative estimate of drug-likeness (QED) is 0.0198. The first-order chi connectivity index (χ1) is 29.6. The van der Waals surface area contributed by atoms with E-state index in [0.29, 0.717) is 24.1 Å². The molecule has 0 heterocycles. The van der Waals surface area contributed by atoms with Gasteiger partial charge in [-0.1, -0.05) is 222 Å². The van der Waals surface area contributed by atoms with E-state index < -0.39 is 19.9 Å². The van der Waals surface area contributed by atoms with Crippen LogP contribution < -0.4 is 4.89 Å². The second kappa shape index (κ2) is 44.8. The lowest BCUT2D eigenvalue weighted by Crippen LogP contribution is -2.37. The molecule has 0 N–H and O–H groups in total. The number of ether oxygens (including phenoxy) is 2.